The highest BCUT2D eigenvalue weighted by Gasteiger charge is 2.43. The third-order valence-corrected chi connectivity index (χ3v) is 5.28. The van der Waals surface area contributed by atoms with Crippen molar-refractivity contribution in [2.75, 3.05) is 25.0 Å². The van der Waals surface area contributed by atoms with E-state index < -0.39 is 17.9 Å². The molecule has 28 heavy (non-hydrogen) atoms. The minimum Gasteiger partial charge on any atom is -0.392 e. The van der Waals surface area contributed by atoms with Gasteiger partial charge >= 0.3 is 6.03 Å². The lowest BCUT2D eigenvalue weighted by molar-refractivity contribution is 0.106. The van der Waals surface area contributed by atoms with Gasteiger partial charge in [0, 0.05) is 22.6 Å². The summed E-state index contributed by atoms with van der Waals surface area (Å²) in [5.74, 6) is -0.510. The summed E-state index contributed by atoms with van der Waals surface area (Å²) in [4.78, 5) is 19.7. The van der Waals surface area contributed by atoms with Gasteiger partial charge < -0.3 is 20.4 Å². The molecule has 146 valence electrons. The van der Waals surface area contributed by atoms with E-state index in [0.717, 1.165) is 0 Å². The van der Waals surface area contributed by atoms with Crippen LogP contribution in [0.3, 0.4) is 0 Å². The topological polar surface area (TPSA) is 66.0 Å². The Kier molecular flexibility index (Phi) is 5.17. The molecule has 0 aliphatic carbocycles. The first kappa shape index (κ1) is 18.7. The number of amidine groups is 1. The largest absolute Gasteiger partial charge is 0.392 e. The number of urea groups is 1. The minimum absolute atomic E-state index is 0.326. The number of carbonyl (C=O) groups excluding carboxylic acids is 1. The number of nitrogens with zero attached hydrogens (tertiary/aromatic N) is 2. The Morgan fingerprint density at radius 3 is 2.75 bits per heavy atom. The molecule has 0 bridgehead atoms. The Labute approximate surface area is 168 Å². The summed E-state index contributed by atoms with van der Waals surface area (Å²) in [7, 11) is 0. The molecule has 1 fully saturated rings. The van der Waals surface area contributed by atoms with E-state index in [1.165, 1.54) is 30.3 Å². The molecule has 6 nitrogen and oxygen atoms in total. The highest BCUT2D eigenvalue weighted by atomic mass is 79.9. The van der Waals surface area contributed by atoms with Crippen LogP contribution in [0.15, 0.2) is 52.1 Å². The van der Waals surface area contributed by atoms with Crippen molar-refractivity contribution >= 4 is 33.5 Å². The summed E-state index contributed by atoms with van der Waals surface area (Å²) >= 11 is 3.26. The maximum absolute atomic E-state index is 14.6. The van der Waals surface area contributed by atoms with Crippen LogP contribution in [0.25, 0.3) is 0 Å². The molecule has 0 spiro atoms. The van der Waals surface area contributed by atoms with E-state index in [2.05, 4.69) is 31.7 Å². The van der Waals surface area contributed by atoms with Crippen LogP contribution in [0.1, 0.15) is 11.5 Å². The molecule has 1 saturated heterocycles. The summed E-state index contributed by atoms with van der Waals surface area (Å²) in [6, 6.07) is 9.26. The molecule has 2 N–H and O–H groups in total. The third-order valence-electron chi connectivity index (χ3n) is 4.78. The molecule has 2 aromatic carbocycles. The number of hydrogen-bond donors (Lipinski definition) is 2. The van der Waals surface area contributed by atoms with Crippen LogP contribution >= 0.6 is 15.9 Å². The monoisotopic (exact) mass is 450 g/mol. The minimum atomic E-state index is -0.559. The van der Waals surface area contributed by atoms with Crippen LogP contribution < -0.4 is 10.6 Å². The molecular weight excluding hydrogens is 434 g/mol. The van der Waals surface area contributed by atoms with Gasteiger partial charge in [0.15, 0.2) is 5.84 Å². The molecular formula is C19H17BrF2N4O2. The lowest BCUT2D eigenvalue weighted by Gasteiger charge is -2.24. The second kappa shape index (κ2) is 7.75. The lowest BCUT2D eigenvalue weighted by atomic mass is 9.93. The second-order valence-corrected chi connectivity index (χ2v) is 7.50. The van der Waals surface area contributed by atoms with Gasteiger partial charge in [-0.3, -0.25) is 0 Å². The van der Waals surface area contributed by atoms with Gasteiger partial charge in [-0.2, -0.15) is 0 Å². The van der Waals surface area contributed by atoms with Crippen molar-refractivity contribution in [3.8, 4) is 0 Å². The molecule has 2 aliphatic heterocycles. The van der Waals surface area contributed by atoms with E-state index in [1.807, 2.05) is 4.90 Å². The van der Waals surface area contributed by atoms with Gasteiger partial charge in [-0.05, 0) is 42.0 Å². The van der Waals surface area contributed by atoms with Crippen molar-refractivity contribution in [3.05, 3.63) is 64.1 Å². The lowest BCUT2D eigenvalue weighted by Crippen LogP contribution is -2.47. The number of anilines is 1. The molecule has 2 aromatic rings. The number of hydrogen-bond acceptors (Lipinski definition) is 4. The third kappa shape index (κ3) is 3.80. The number of halogens is 3. The molecule has 0 saturated carbocycles. The number of oxime groups is 1. The number of carbonyl (C=O) groups is 1. The number of fused-ring (bicyclic) bond motifs is 1. The van der Waals surface area contributed by atoms with Crippen molar-refractivity contribution in [2.45, 2.75) is 12.0 Å². The summed E-state index contributed by atoms with van der Waals surface area (Å²) in [6.45, 7) is 1.57. The first-order valence-corrected chi connectivity index (χ1v) is 9.53. The van der Waals surface area contributed by atoms with E-state index >= 15 is 0 Å². The molecule has 2 aliphatic rings. The zero-order chi connectivity index (χ0) is 19.7. The van der Waals surface area contributed by atoms with Crippen molar-refractivity contribution in [1.29, 1.82) is 0 Å². The van der Waals surface area contributed by atoms with Gasteiger partial charge in [0.1, 0.15) is 24.3 Å². The summed E-state index contributed by atoms with van der Waals surface area (Å²) in [6.07, 6.45) is 0. The molecule has 9 heteroatoms. The van der Waals surface area contributed by atoms with E-state index in [9.17, 15) is 13.6 Å². The zero-order valence-corrected chi connectivity index (χ0v) is 16.2. The number of benzene rings is 2. The number of nitrogens with one attached hydrogen (secondary N) is 2. The highest BCUT2D eigenvalue weighted by Crippen LogP contribution is 2.33. The van der Waals surface area contributed by atoms with E-state index in [-0.39, 0.29) is 11.7 Å². The Balaban J connectivity index is 1.58. The SMILES string of the molecule is O=C(Nc1ccc(F)cc1)N[C@@H]1C2=NOCCN2C[C@H]1c1ccc(Br)cc1F. The van der Waals surface area contributed by atoms with Gasteiger partial charge in [0.25, 0.3) is 0 Å². The molecule has 4 rings (SSSR count). The van der Waals surface area contributed by atoms with Crippen molar-refractivity contribution in [2.24, 2.45) is 5.16 Å². The predicted octanol–water partition coefficient (Wildman–Crippen LogP) is 3.66. The standard InChI is InChI=1S/C19H17BrF2N4O2/c20-11-1-6-14(16(22)9-11)15-10-26-7-8-28-25-18(26)17(15)24-19(27)23-13-4-2-12(21)3-5-13/h1-6,9,15,17H,7-8,10H2,(H2,23,24,27)/t15-,17-/m0/s1. The first-order valence-electron chi connectivity index (χ1n) is 8.74. The van der Waals surface area contributed by atoms with Crippen molar-refractivity contribution in [1.82, 2.24) is 10.2 Å². The molecule has 2 atom stereocenters. The van der Waals surface area contributed by atoms with E-state index in [0.29, 0.717) is 41.3 Å². The van der Waals surface area contributed by atoms with Gasteiger partial charge in [0.2, 0.25) is 0 Å². The number of amides is 2. The van der Waals surface area contributed by atoms with E-state index in [4.69, 9.17) is 4.84 Å². The van der Waals surface area contributed by atoms with Gasteiger partial charge in [0.05, 0.1) is 6.54 Å². The quantitative estimate of drug-likeness (QED) is 0.749. The molecule has 0 radical (unpaired) electrons. The van der Waals surface area contributed by atoms with Crippen molar-refractivity contribution < 1.29 is 18.4 Å². The average molecular weight is 451 g/mol. The van der Waals surface area contributed by atoms with Crippen LogP contribution in [0.2, 0.25) is 0 Å². The Morgan fingerprint density at radius 1 is 1.21 bits per heavy atom. The smallest absolute Gasteiger partial charge is 0.319 e. The maximum Gasteiger partial charge on any atom is 0.319 e. The van der Waals surface area contributed by atoms with Crippen LogP contribution in [-0.2, 0) is 4.84 Å². The molecule has 2 amide bonds. The van der Waals surface area contributed by atoms with E-state index in [1.54, 1.807) is 12.1 Å². The summed E-state index contributed by atoms with van der Waals surface area (Å²) in [5.41, 5.74) is 0.939. The molecule has 0 unspecified atom stereocenters. The van der Waals surface area contributed by atoms with Crippen LogP contribution in [-0.4, -0.2) is 42.5 Å². The maximum atomic E-state index is 14.6. The van der Waals surface area contributed by atoms with Crippen LogP contribution in [0.4, 0.5) is 19.3 Å². The van der Waals surface area contributed by atoms with Gasteiger partial charge in [-0.15, -0.1) is 0 Å². The fourth-order valence-corrected chi connectivity index (χ4v) is 3.82. The number of rotatable bonds is 3. The molecule has 0 aromatic heterocycles. The van der Waals surface area contributed by atoms with Gasteiger partial charge in [-0.1, -0.05) is 27.2 Å². The fourth-order valence-electron chi connectivity index (χ4n) is 3.48. The Morgan fingerprint density at radius 2 is 2.00 bits per heavy atom. The normalized spacial score (nSPS) is 20.8. The van der Waals surface area contributed by atoms with Crippen LogP contribution in [0.5, 0.6) is 0 Å². The summed E-state index contributed by atoms with van der Waals surface area (Å²) < 4.78 is 28.3. The predicted molar refractivity (Wildman–Crippen MR) is 104 cm³/mol. The summed E-state index contributed by atoms with van der Waals surface area (Å²) in [5, 5.41) is 9.60. The fraction of sp³-hybridized carbons (Fsp3) is 0.263. The average Bonchev–Trinajstić information content (AvgIpc) is 3.02. The Bertz CT molecular complexity index is 923. The van der Waals surface area contributed by atoms with Crippen molar-refractivity contribution in [3.63, 3.8) is 0 Å². The second-order valence-electron chi connectivity index (χ2n) is 6.58. The zero-order valence-electron chi connectivity index (χ0n) is 14.7. The van der Waals surface area contributed by atoms with Gasteiger partial charge in [-0.25, -0.2) is 13.6 Å². The Hall–Kier alpha value is -2.68. The first-order chi connectivity index (χ1) is 13.5. The molecule has 2 heterocycles. The van der Waals surface area contributed by atoms with Crippen LogP contribution in [0, 0.1) is 11.6 Å². The highest BCUT2D eigenvalue weighted by molar-refractivity contribution is 9.10.